The van der Waals surface area contributed by atoms with Crippen molar-refractivity contribution in [2.75, 3.05) is 0 Å². The van der Waals surface area contributed by atoms with Crippen LogP contribution in [0.4, 0.5) is 0 Å². The van der Waals surface area contributed by atoms with E-state index < -0.39 is 6.10 Å². The second-order valence-corrected chi connectivity index (χ2v) is 4.45. The lowest BCUT2D eigenvalue weighted by Gasteiger charge is -2.08. The minimum atomic E-state index is -0.540. The molecule has 2 heterocycles. The maximum Gasteiger partial charge on any atom is 0.0969 e. The highest BCUT2D eigenvalue weighted by atomic mass is 32.1. The fourth-order valence-electron chi connectivity index (χ4n) is 1.66. The Morgan fingerprint density at radius 2 is 2.38 bits per heavy atom. The summed E-state index contributed by atoms with van der Waals surface area (Å²) in [6, 6.07) is 2.00. The number of nitrogens with zero attached hydrogens (tertiary/aromatic N) is 4. The van der Waals surface area contributed by atoms with Gasteiger partial charge in [0.2, 0.25) is 0 Å². The number of aryl methyl sites for hydroxylation is 2. The Bertz CT molecular complexity index is 451. The summed E-state index contributed by atoms with van der Waals surface area (Å²) in [5.74, 6) is 0. The molecule has 0 saturated heterocycles. The van der Waals surface area contributed by atoms with Crippen LogP contribution >= 0.6 is 11.5 Å². The fourth-order valence-corrected chi connectivity index (χ4v) is 2.15. The molecule has 0 spiro atoms. The molecule has 2 rings (SSSR count). The molecular formula is C10H14N4OS. The van der Waals surface area contributed by atoms with Gasteiger partial charge in [0, 0.05) is 18.7 Å². The van der Waals surface area contributed by atoms with Crippen LogP contribution in [-0.2, 0) is 13.0 Å². The first-order chi connectivity index (χ1) is 7.70. The molecule has 0 amide bonds. The molecule has 1 atom stereocenters. The summed E-state index contributed by atoms with van der Waals surface area (Å²) >= 11 is 1.23. The summed E-state index contributed by atoms with van der Waals surface area (Å²) in [7, 11) is 0. The number of aromatic nitrogens is 4. The molecule has 0 aliphatic carbocycles. The molecule has 0 aromatic carbocycles. The van der Waals surface area contributed by atoms with Gasteiger partial charge in [-0.05, 0) is 31.4 Å². The zero-order chi connectivity index (χ0) is 11.5. The van der Waals surface area contributed by atoms with E-state index in [9.17, 15) is 5.11 Å². The molecule has 6 heteroatoms. The van der Waals surface area contributed by atoms with Gasteiger partial charge in [-0.15, -0.1) is 5.10 Å². The third-order valence-electron chi connectivity index (χ3n) is 2.39. The van der Waals surface area contributed by atoms with Crippen molar-refractivity contribution in [1.29, 1.82) is 0 Å². The number of aliphatic hydroxyl groups excluding tert-OH is 1. The average molecular weight is 238 g/mol. The molecule has 5 nitrogen and oxygen atoms in total. The molecule has 0 radical (unpaired) electrons. The minimum Gasteiger partial charge on any atom is -0.387 e. The summed E-state index contributed by atoms with van der Waals surface area (Å²) in [5.41, 5.74) is 2.02. The van der Waals surface area contributed by atoms with E-state index in [2.05, 4.69) is 14.7 Å². The summed E-state index contributed by atoms with van der Waals surface area (Å²) in [6.45, 7) is 4.81. The van der Waals surface area contributed by atoms with Crippen LogP contribution in [0.3, 0.4) is 0 Å². The monoisotopic (exact) mass is 238 g/mol. The van der Waals surface area contributed by atoms with Crippen LogP contribution in [0.2, 0.25) is 0 Å². The largest absolute Gasteiger partial charge is 0.387 e. The second-order valence-electron chi connectivity index (χ2n) is 3.63. The Labute approximate surface area is 97.9 Å². The van der Waals surface area contributed by atoms with Crippen molar-refractivity contribution < 1.29 is 5.11 Å². The van der Waals surface area contributed by atoms with Crippen molar-refractivity contribution in [3.63, 3.8) is 0 Å². The van der Waals surface area contributed by atoms with Gasteiger partial charge in [0.05, 0.1) is 22.9 Å². The van der Waals surface area contributed by atoms with E-state index in [0.29, 0.717) is 6.42 Å². The van der Waals surface area contributed by atoms with Crippen LogP contribution in [0.25, 0.3) is 0 Å². The van der Waals surface area contributed by atoms with Crippen LogP contribution in [0.15, 0.2) is 12.3 Å². The molecule has 2 aromatic rings. The molecule has 0 saturated carbocycles. The van der Waals surface area contributed by atoms with E-state index in [1.165, 1.54) is 11.5 Å². The minimum absolute atomic E-state index is 0.540. The third-order valence-corrected chi connectivity index (χ3v) is 3.16. The van der Waals surface area contributed by atoms with E-state index >= 15 is 0 Å². The Balaban J connectivity index is 2.14. The van der Waals surface area contributed by atoms with Crippen molar-refractivity contribution >= 4 is 11.5 Å². The van der Waals surface area contributed by atoms with Crippen LogP contribution in [0.1, 0.15) is 29.3 Å². The summed E-state index contributed by atoms with van der Waals surface area (Å²) < 4.78 is 5.65. The summed E-state index contributed by atoms with van der Waals surface area (Å²) in [4.78, 5) is 0.793. The number of rotatable bonds is 4. The lowest BCUT2D eigenvalue weighted by Crippen LogP contribution is -2.07. The first-order valence-corrected chi connectivity index (χ1v) is 5.96. The average Bonchev–Trinajstić information content (AvgIpc) is 2.87. The Hall–Kier alpha value is -1.27. The molecule has 16 heavy (non-hydrogen) atoms. The highest BCUT2D eigenvalue weighted by Gasteiger charge is 2.14. The van der Waals surface area contributed by atoms with Crippen molar-refractivity contribution in [2.45, 2.75) is 32.9 Å². The second kappa shape index (κ2) is 4.71. The topological polar surface area (TPSA) is 63.8 Å². The molecular weight excluding hydrogens is 224 g/mol. The number of hydrogen-bond donors (Lipinski definition) is 1. The third kappa shape index (κ3) is 2.28. The molecule has 1 N–H and O–H groups in total. The molecule has 0 aliphatic heterocycles. The normalized spacial score (nSPS) is 12.9. The summed E-state index contributed by atoms with van der Waals surface area (Å²) in [6.07, 6.45) is 1.62. The first-order valence-electron chi connectivity index (χ1n) is 5.19. The summed E-state index contributed by atoms with van der Waals surface area (Å²) in [5, 5.41) is 18.0. The maximum absolute atomic E-state index is 9.98. The highest BCUT2D eigenvalue weighted by Crippen LogP contribution is 2.20. The SMILES string of the molecule is CCn1nc(C)cc1CC(O)c1cnns1. The van der Waals surface area contributed by atoms with Crippen molar-refractivity contribution in [2.24, 2.45) is 0 Å². The molecule has 1 unspecified atom stereocenters. The number of aliphatic hydroxyl groups is 1. The van der Waals surface area contributed by atoms with E-state index in [0.717, 1.165) is 22.8 Å². The van der Waals surface area contributed by atoms with E-state index in [4.69, 9.17) is 0 Å². The highest BCUT2D eigenvalue weighted by molar-refractivity contribution is 7.05. The van der Waals surface area contributed by atoms with Crippen LogP contribution in [-0.4, -0.2) is 24.5 Å². The van der Waals surface area contributed by atoms with Gasteiger partial charge in [0.25, 0.3) is 0 Å². The molecule has 0 fully saturated rings. The van der Waals surface area contributed by atoms with Gasteiger partial charge in [-0.3, -0.25) is 4.68 Å². The molecule has 0 aliphatic rings. The lowest BCUT2D eigenvalue weighted by molar-refractivity contribution is 0.179. The van der Waals surface area contributed by atoms with Gasteiger partial charge in [0.15, 0.2) is 0 Å². The smallest absolute Gasteiger partial charge is 0.0969 e. The van der Waals surface area contributed by atoms with Gasteiger partial charge in [-0.2, -0.15) is 5.10 Å². The van der Waals surface area contributed by atoms with Gasteiger partial charge in [0.1, 0.15) is 0 Å². The fraction of sp³-hybridized carbons (Fsp3) is 0.500. The Kier molecular flexibility index (Phi) is 3.31. The van der Waals surface area contributed by atoms with Gasteiger partial charge < -0.3 is 5.11 Å². The standard InChI is InChI=1S/C10H14N4OS/c1-3-14-8(4-7(2)12-14)5-9(15)10-6-11-13-16-10/h4,6,9,15H,3,5H2,1-2H3. The van der Waals surface area contributed by atoms with Gasteiger partial charge in [-0.1, -0.05) is 4.49 Å². The van der Waals surface area contributed by atoms with Crippen LogP contribution in [0, 0.1) is 6.92 Å². The van der Waals surface area contributed by atoms with Crippen LogP contribution in [0.5, 0.6) is 0 Å². The van der Waals surface area contributed by atoms with Crippen LogP contribution < -0.4 is 0 Å². The van der Waals surface area contributed by atoms with Gasteiger partial charge in [-0.25, -0.2) is 0 Å². The van der Waals surface area contributed by atoms with Crippen molar-refractivity contribution in [1.82, 2.24) is 19.4 Å². The van der Waals surface area contributed by atoms with Crippen molar-refractivity contribution in [3.8, 4) is 0 Å². The molecule has 0 bridgehead atoms. The maximum atomic E-state index is 9.98. The molecule has 2 aromatic heterocycles. The predicted molar refractivity (Wildman–Crippen MR) is 61.2 cm³/mol. The zero-order valence-corrected chi connectivity index (χ0v) is 10.1. The Morgan fingerprint density at radius 3 is 3.00 bits per heavy atom. The van der Waals surface area contributed by atoms with E-state index in [1.54, 1.807) is 6.20 Å². The zero-order valence-electron chi connectivity index (χ0n) is 9.29. The van der Waals surface area contributed by atoms with Crippen molar-refractivity contribution in [3.05, 3.63) is 28.5 Å². The lowest BCUT2D eigenvalue weighted by atomic mass is 10.1. The quantitative estimate of drug-likeness (QED) is 0.873. The Morgan fingerprint density at radius 1 is 1.56 bits per heavy atom. The predicted octanol–water partition coefficient (Wildman–Crippen LogP) is 1.34. The van der Waals surface area contributed by atoms with E-state index in [-0.39, 0.29) is 0 Å². The number of hydrogen-bond acceptors (Lipinski definition) is 5. The molecule has 86 valence electrons. The van der Waals surface area contributed by atoms with Gasteiger partial charge >= 0.3 is 0 Å². The van der Waals surface area contributed by atoms with E-state index in [1.807, 2.05) is 24.6 Å². The first kappa shape index (κ1) is 11.2.